The Kier molecular flexibility index (Phi) is 18.3. The van der Waals surface area contributed by atoms with Crippen LogP contribution in [0, 0.1) is 5.92 Å². The number of carbonyl (C=O) groups is 10. The van der Waals surface area contributed by atoms with Crippen LogP contribution in [0.25, 0.3) is 0 Å². The molecule has 22 heteroatoms. The minimum absolute atomic E-state index is 0.0211. The molecular formula is C43H57N9O13. The number of phenolic OH excluding ortho intramolecular Hbond substituents is 1. The van der Waals surface area contributed by atoms with Gasteiger partial charge in [-0.1, -0.05) is 56.3 Å². The van der Waals surface area contributed by atoms with E-state index in [2.05, 4.69) is 26.6 Å². The number of nitrogens with two attached hydrogens (primary N) is 2. The van der Waals surface area contributed by atoms with Crippen LogP contribution in [-0.4, -0.2) is 146 Å². The molecule has 4 rings (SSSR count). The van der Waals surface area contributed by atoms with Crippen LogP contribution in [0.2, 0.25) is 0 Å². The molecule has 0 aromatic heterocycles. The van der Waals surface area contributed by atoms with E-state index in [0.29, 0.717) is 24.0 Å². The second-order valence-electron chi connectivity index (χ2n) is 16.3. The average molecular weight is 908 g/mol. The Bertz CT molecular complexity index is 2090. The van der Waals surface area contributed by atoms with Crippen LogP contribution in [0.4, 0.5) is 0 Å². The highest BCUT2D eigenvalue weighted by molar-refractivity contribution is 5.98. The molecule has 2 aliphatic rings. The molecule has 65 heavy (non-hydrogen) atoms. The molecule has 2 aromatic carbocycles. The molecule has 352 valence electrons. The topological polar surface area (TPSA) is 350 Å². The number of phenols is 1. The number of nitrogens with zero attached hydrogens (tertiary/aromatic N) is 2. The maximum atomic E-state index is 14.1. The van der Waals surface area contributed by atoms with Gasteiger partial charge in [-0.15, -0.1) is 0 Å². The summed E-state index contributed by atoms with van der Waals surface area (Å²) in [6.07, 6.45) is -0.805. The summed E-state index contributed by atoms with van der Waals surface area (Å²) in [5.41, 5.74) is 12.3. The van der Waals surface area contributed by atoms with Crippen molar-refractivity contribution >= 4 is 59.2 Å². The zero-order valence-electron chi connectivity index (χ0n) is 36.1. The van der Waals surface area contributed by atoms with Crippen LogP contribution < -0.4 is 38.1 Å². The minimum atomic E-state index is -1.70. The number of carboxylic acids is 2. The molecule has 0 spiro atoms. The van der Waals surface area contributed by atoms with Gasteiger partial charge in [0.15, 0.2) is 0 Å². The van der Waals surface area contributed by atoms with Gasteiger partial charge < -0.3 is 63.2 Å². The van der Waals surface area contributed by atoms with Gasteiger partial charge in [0.2, 0.25) is 47.3 Å². The van der Waals surface area contributed by atoms with Crippen LogP contribution >= 0.6 is 0 Å². The molecule has 2 aliphatic heterocycles. The SMILES string of the molecule is CC(C)[C@H](N)C(=O)N[C@@H](CC(N)=O)C(=O)N1CCC[C@H]1C(=O)NCC(=O)N[C@@H](Cc1ccc(O)cc1)C(=O)N[C@@H](Cc1ccccc1)C(=O)N[C@@H](CC(=O)O)C(=O)N1CCC[C@H]1C(=O)O. The first-order chi connectivity index (χ1) is 30.7. The monoisotopic (exact) mass is 907 g/mol. The lowest BCUT2D eigenvalue weighted by atomic mass is 10.0. The molecule has 0 bridgehead atoms. The standard InChI is InChI=1S/C43H57N9O13/c1-23(2)36(45)40(61)50-29(20-33(44)54)41(62)51-16-6-10-31(51)39(60)46-22-34(55)47-27(19-25-12-14-26(53)15-13-25)37(58)48-28(18-24-8-4-3-5-9-24)38(59)49-30(21-35(56)57)42(63)52-17-7-11-32(52)43(64)65/h3-5,8-9,12-15,23,27-32,36,53H,6-7,10-11,16-22,45H2,1-2H3,(H2,44,54)(H,46,60)(H,47,55)(H,48,58)(H,49,59)(H,50,61)(H,56,57)(H,64,65)/t27-,28-,29-,30-,31-,32-,36-/m0/s1. The number of benzene rings is 2. The van der Waals surface area contributed by atoms with Gasteiger partial charge >= 0.3 is 11.9 Å². The van der Waals surface area contributed by atoms with Crippen molar-refractivity contribution in [2.75, 3.05) is 19.6 Å². The summed E-state index contributed by atoms with van der Waals surface area (Å²) in [5, 5.41) is 41.6. The molecule has 0 radical (unpaired) electrons. The molecular weight excluding hydrogens is 851 g/mol. The molecule has 8 amide bonds. The molecule has 0 aliphatic carbocycles. The lowest BCUT2D eigenvalue weighted by Gasteiger charge is -2.29. The average Bonchev–Trinajstić information content (AvgIpc) is 3.96. The van der Waals surface area contributed by atoms with Gasteiger partial charge in [0, 0.05) is 25.9 Å². The van der Waals surface area contributed by atoms with E-state index in [-0.39, 0.29) is 50.4 Å². The van der Waals surface area contributed by atoms with Crippen LogP contribution in [0.1, 0.15) is 63.5 Å². The Labute approximate surface area is 374 Å². The van der Waals surface area contributed by atoms with Crippen LogP contribution in [-0.2, 0) is 60.8 Å². The van der Waals surface area contributed by atoms with E-state index in [1.807, 2.05) is 0 Å². The number of nitrogens with one attached hydrogen (secondary N) is 5. The first-order valence-corrected chi connectivity index (χ1v) is 21.1. The lowest BCUT2D eigenvalue weighted by molar-refractivity contribution is -0.150. The lowest BCUT2D eigenvalue weighted by Crippen LogP contribution is -2.59. The molecule has 22 nitrogen and oxygen atoms in total. The Morgan fingerprint density at radius 1 is 0.662 bits per heavy atom. The van der Waals surface area contributed by atoms with Gasteiger partial charge in [-0.3, -0.25) is 43.2 Å². The Morgan fingerprint density at radius 2 is 1.15 bits per heavy atom. The highest BCUT2D eigenvalue weighted by atomic mass is 16.4. The molecule has 7 atom stereocenters. The number of hydrogen-bond donors (Lipinski definition) is 10. The molecule has 2 saturated heterocycles. The Morgan fingerprint density at radius 3 is 1.69 bits per heavy atom. The zero-order chi connectivity index (χ0) is 48.0. The molecule has 2 heterocycles. The molecule has 2 aromatic rings. The van der Waals surface area contributed by atoms with Crippen molar-refractivity contribution in [2.24, 2.45) is 17.4 Å². The maximum Gasteiger partial charge on any atom is 0.326 e. The van der Waals surface area contributed by atoms with Crippen molar-refractivity contribution in [3.63, 3.8) is 0 Å². The summed E-state index contributed by atoms with van der Waals surface area (Å²) < 4.78 is 0. The Balaban J connectivity index is 1.52. The summed E-state index contributed by atoms with van der Waals surface area (Å²) in [4.78, 5) is 133. The van der Waals surface area contributed by atoms with E-state index in [9.17, 15) is 63.3 Å². The van der Waals surface area contributed by atoms with E-state index < -0.39 is 121 Å². The summed E-state index contributed by atoms with van der Waals surface area (Å²) in [7, 11) is 0. The number of hydrogen-bond acceptors (Lipinski definition) is 12. The van der Waals surface area contributed by atoms with Gasteiger partial charge in [-0.25, -0.2) is 4.79 Å². The van der Waals surface area contributed by atoms with Gasteiger partial charge in [-0.2, -0.15) is 0 Å². The molecule has 12 N–H and O–H groups in total. The predicted octanol–water partition coefficient (Wildman–Crippen LogP) is -2.37. The van der Waals surface area contributed by atoms with Crippen molar-refractivity contribution in [3.8, 4) is 5.75 Å². The van der Waals surface area contributed by atoms with Crippen molar-refractivity contribution in [2.45, 2.75) is 108 Å². The smallest absolute Gasteiger partial charge is 0.326 e. The van der Waals surface area contributed by atoms with Crippen LogP contribution in [0.3, 0.4) is 0 Å². The largest absolute Gasteiger partial charge is 0.508 e. The quantitative estimate of drug-likeness (QED) is 0.0591. The number of amides is 8. The molecule has 0 saturated carbocycles. The number of aliphatic carboxylic acids is 2. The van der Waals surface area contributed by atoms with E-state index in [1.54, 1.807) is 44.2 Å². The third kappa shape index (κ3) is 14.7. The van der Waals surface area contributed by atoms with Crippen molar-refractivity contribution in [3.05, 3.63) is 65.7 Å². The maximum absolute atomic E-state index is 14.1. The van der Waals surface area contributed by atoms with E-state index >= 15 is 0 Å². The van der Waals surface area contributed by atoms with Gasteiger partial charge in [0.1, 0.15) is 42.0 Å². The van der Waals surface area contributed by atoms with Gasteiger partial charge in [0.05, 0.1) is 25.4 Å². The van der Waals surface area contributed by atoms with Crippen LogP contribution in [0.5, 0.6) is 5.75 Å². The number of primary amides is 1. The van der Waals surface area contributed by atoms with Crippen molar-refractivity contribution in [1.29, 1.82) is 0 Å². The summed E-state index contributed by atoms with van der Waals surface area (Å²) in [6, 6.07) is 4.68. The third-order valence-corrected chi connectivity index (χ3v) is 11.1. The van der Waals surface area contributed by atoms with E-state index in [1.165, 1.54) is 29.2 Å². The summed E-state index contributed by atoms with van der Waals surface area (Å²) in [6.45, 7) is 2.80. The normalized spacial score (nSPS) is 18.0. The number of rotatable bonds is 22. The number of carboxylic acid groups (broad SMARTS) is 2. The highest BCUT2D eigenvalue weighted by Crippen LogP contribution is 2.21. The zero-order valence-corrected chi connectivity index (χ0v) is 36.1. The fourth-order valence-electron chi connectivity index (χ4n) is 7.55. The van der Waals surface area contributed by atoms with E-state index in [0.717, 1.165) is 4.90 Å². The second-order valence-corrected chi connectivity index (χ2v) is 16.3. The fourth-order valence-corrected chi connectivity index (χ4v) is 7.55. The fraction of sp³-hybridized carbons (Fsp3) is 0.488. The van der Waals surface area contributed by atoms with Gasteiger partial charge in [0.25, 0.3) is 0 Å². The van der Waals surface area contributed by atoms with Gasteiger partial charge in [-0.05, 0) is 54.9 Å². The molecule has 0 unspecified atom stereocenters. The first-order valence-electron chi connectivity index (χ1n) is 21.1. The number of carbonyl (C=O) groups excluding carboxylic acids is 8. The van der Waals surface area contributed by atoms with Crippen LogP contribution in [0.15, 0.2) is 54.6 Å². The van der Waals surface area contributed by atoms with E-state index in [4.69, 9.17) is 11.5 Å². The number of aromatic hydroxyl groups is 1. The third-order valence-electron chi connectivity index (χ3n) is 11.1. The summed E-state index contributed by atoms with van der Waals surface area (Å²) >= 11 is 0. The Hall–Kier alpha value is -7.10. The number of likely N-dealkylation sites (tertiary alicyclic amines) is 2. The van der Waals surface area contributed by atoms with Crippen molar-refractivity contribution < 1.29 is 63.3 Å². The minimum Gasteiger partial charge on any atom is -0.508 e. The summed E-state index contributed by atoms with van der Waals surface area (Å²) in [5.74, 6) is -9.91. The molecule has 2 fully saturated rings. The first kappa shape index (κ1) is 50.5. The second kappa shape index (κ2) is 23.5. The highest BCUT2D eigenvalue weighted by Gasteiger charge is 2.41. The van der Waals surface area contributed by atoms with Crippen molar-refractivity contribution in [1.82, 2.24) is 36.4 Å². The predicted molar refractivity (Wildman–Crippen MR) is 229 cm³/mol.